The van der Waals surface area contributed by atoms with Crippen molar-refractivity contribution in [1.29, 1.82) is 0 Å². The molecule has 0 rings (SSSR count). The first kappa shape index (κ1) is 8.06. The van der Waals surface area contributed by atoms with E-state index in [0.29, 0.717) is 0 Å². The summed E-state index contributed by atoms with van der Waals surface area (Å²) in [4.78, 5) is 0. The molecule has 0 bridgehead atoms. The summed E-state index contributed by atoms with van der Waals surface area (Å²) >= 11 is 0. The fourth-order valence-electron chi connectivity index (χ4n) is 0.0962. The zero-order valence-corrected chi connectivity index (χ0v) is 5.79. The minimum atomic E-state index is -3.82. The molecule has 0 aliphatic rings. The van der Waals surface area contributed by atoms with Crippen molar-refractivity contribution in [1.82, 2.24) is 0 Å². The maximum atomic E-state index is 10.1. The van der Waals surface area contributed by atoms with Gasteiger partial charge in [0, 0.05) is 0 Å². The molecule has 1 atom stereocenters. The minimum Gasteiger partial charge on any atom is -0.760 e. The van der Waals surface area contributed by atoms with Crippen LogP contribution in [0.15, 0.2) is 0 Å². The molecule has 0 saturated carbocycles. The van der Waals surface area contributed by atoms with Crippen LogP contribution in [0.1, 0.15) is 6.92 Å². The van der Waals surface area contributed by atoms with Gasteiger partial charge in [-0.25, -0.2) is 8.42 Å². The highest BCUT2D eigenvalue weighted by Gasteiger charge is 2.04. The van der Waals surface area contributed by atoms with Crippen molar-refractivity contribution in [3.05, 3.63) is 0 Å². The highest BCUT2D eigenvalue weighted by atomic mass is 33.2. The Morgan fingerprint density at radius 2 is 2.00 bits per heavy atom. The average molecular weight is 157 g/mol. The molecule has 0 heterocycles. The Kier molecular flexibility index (Phi) is 2.58. The molecule has 0 radical (unpaired) electrons. The van der Waals surface area contributed by atoms with Crippen LogP contribution in [0.5, 0.6) is 0 Å². The molecule has 4 nitrogen and oxygen atoms in total. The second kappa shape index (κ2) is 2.56. The van der Waals surface area contributed by atoms with Crippen LogP contribution < -0.4 is 0 Å². The van der Waals surface area contributed by atoms with Gasteiger partial charge < -0.3 is 4.55 Å². The molecule has 1 unspecified atom stereocenters. The van der Waals surface area contributed by atoms with Crippen molar-refractivity contribution >= 4 is 19.0 Å². The lowest BCUT2D eigenvalue weighted by molar-refractivity contribution is 0.540. The Bertz CT molecular complexity index is 178. The molecular weight excluding hydrogens is 152 g/mol. The summed E-state index contributed by atoms with van der Waals surface area (Å²) in [6.45, 7) is 1.27. The van der Waals surface area contributed by atoms with Gasteiger partial charge in [0.15, 0.2) is 0 Å². The topological polar surface area (TPSA) is 74.3 Å². The monoisotopic (exact) mass is 157 g/mol. The summed E-state index contributed by atoms with van der Waals surface area (Å²) in [5, 5.41) is 0. The van der Waals surface area contributed by atoms with Crippen LogP contribution >= 0.6 is 0 Å². The van der Waals surface area contributed by atoms with Crippen molar-refractivity contribution in [3.63, 3.8) is 0 Å². The third-order valence-corrected chi connectivity index (χ3v) is 3.63. The van der Waals surface area contributed by atoms with Crippen LogP contribution in [0.4, 0.5) is 0 Å². The van der Waals surface area contributed by atoms with Gasteiger partial charge in [0.2, 0.25) is 8.87 Å². The van der Waals surface area contributed by atoms with Crippen molar-refractivity contribution < 1.29 is 17.2 Å². The van der Waals surface area contributed by atoms with Crippen LogP contribution in [0.25, 0.3) is 0 Å². The van der Waals surface area contributed by atoms with E-state index in [1.54, 1.807) is 0 Å². The van der Waals surface area contributed by atoms with E-state index in [1.807, 2.05) is 0 Å². The molecule has 6 heteroatoms. The third kappa shape index (κ3) is 1.89. The second-order valence-electron chi connectivity index (χ2n) is 1.05. The van der Waals surface area contributed by atoms with E-state index < -0.39 is 19.0 Å². The normalized spacial score (nSPS) is 15.8. The molecule has 0 aliphatic carbocycles. The summed E-state index contributed by atoms with van der Waals surface area (Å²) in [5.41, 5.74) is 0. The first-order valence-corrected chi connectivity index (χ1v) is 5.07. The highest BCUT2D eigenvalue weighted by Crippen LogP contribution is 1.91. The summed E-state index contributed by atoms with van der Waals surface area (Å²) in [6.07, 6.45) is 0. The molecule has 0 aliphatic heterocycles. The Labute approximate surface area is 49.5 Å². The lowest BCUT2D eigenvalue weighted by Crippen LogP contribution is -2.08. The molecule has 0 aromatic rings. The van der Waals surface area contributed by atoms with E-state index in [4.69, 9.17) is 0 Å². The Morgan fingerprint density at radius 1 is 1.62 bits per heavy atom. The predicted molar refractivity (Wildman–Crippen MR) is 28.4 cm³/mol. The summed E-state index contributed by atoms with van der Waals surface area (Å²) in [5.74, 6) is -0.358. The molecule has 0 aromatic carbocycles. The number of hydrogen-bond donors (Lipinski definition) is 0. The molecule has 0 fully saturated rings. The molecule has 50 valence electrons. The molecular formula is C2H5O4S2-. The molecule has 0 amide bonds. The standard InChI is InChI=1S/C2H6O4S2/c1-2-8(5,6)7(3)4/h2H2,1H3,(H,3,4)/p-1. The van der Waals surface area contributed by atoms with Crippen molar-refractivity contribution in [3.8, 4) is 0 Å². The minimum absolute atomic E-state index is 0.358. The van der Waals surface area contributed by atoms with Crippen molar-refractivity contribution in [2.45, 2.75) is 6.92 Å². The summed E-state index contributed by atoms with van der Waals surface area (Å²) in [6, 6.07) is 0. The molecule has 0 aromatic heterocycles. The largest absolute Gasteiger partial charge is 0.760 e. The van der Waals surface area contributed by atoms with E-state index in [-0.39, 0.29) is 5.75 Å². The van der Waals surface area contributed by atoms with Gasteiger partial charge in [-0.1, -0.05) is 6.92 Å². The van der Waals surface area contributed by atoms with E-state index >= 15 is 0 Å². The summed E-state index contributed by atoms with van der Waals surface area (Å²) < 4.78 is 39.5. The van der Waals surface area contributed by atoms with Crippen molar-refractivity contribution in [2.75, 3.05) is 5.75 Å². The Morgan fingerprint density at radius 3 is 2.00 bits per heavy atom. The Balaban J connectivity index is 4.42. The van der Waals surface area contributed by atoms with E-state index in [0.717, 1.165) is 0 Å². The van der Waals surface area contributed by atoms with Gasteiger partial charge in [-0.05, 0) is 0 Å². The van der Waals surface area contributed by atoms with Crippen LogP contribution in [0.2, 0.25) is 0 Å². The zero-order valence-electron chi connectivity index (χ0n) is 4.16. The Hall–Kier alpha value is 0.0600. The van der Waals surface area contributed by atoms with Crippen LogP contribution in [-0.4, -0.2) is 22.9 Å². The fourth-order valence-corrected chi connectivity index (χ4v) is 0.866. The molecule has 0 saturated heterocycles. The summed E-state index contributed by atoms with van der Waals surface area (Å²) in [7, 11) is -6.77. The van der Waals surface area contributed by atoms with Crippen molar-refractivity contribution in [2.24, 2.45) is 0 Å². The fraction of sp³-hybridized carbons (Fsp3) is 1.00. The first-order valence-electron chi connectivity index (χ1n) is 1.83. The van der Waals surface area contributed by atoms with Crippen LogP contribution in [0.3, 0.4) is 0 Å². The van der Waals surface area contributed by atoms with Crippen LogP contribution in [0, 0.1) is 0 Å². The van der Waals surface area contributed by atoms with E-state index in [1.165, 1.54) is 6.92 Å². The lowest BCUT2D eigenvalue weighted by Gasteiger charge is -2.00. The van der Waals surface area contributed by atoms with Gasteiger partial charge in [-0.15, -0.1) is 0 Å². The average Bonchev–Trinajstić information content (AvgIpc) is 1.67. The van der Waals surface area contributed by atoms with Crippen LogP contribution in [-0.2, 0) is 19.0 Å². The maximum absolute atomic E-state index is 10.1. The molecule has 0 spiro atoms. The maximum Gasteiger partial charge on any atom is 0.216 e. The zero-order chi connectivity index (χ0) is 6.78. The lowest BCUT2D eigenvalue weighted by atomic mass is 11.0. The van der Waals surface area contributed by atoms with Gasteiger partial charge >= 0.3 is 0 Å². The van der Waals surface area contributed by atoms with Gasteiger partial charge in [0.25, 0.3) is 0 Å². The smallest absolute Gasteiger partial charge is 0.216 e. The number of rotatable bonds is 2. The van der Waals surface area contributed by atoms with Gasteiger partial charge in [-0.3, -0.25) is 4.21 Å². The van der Waals surface area contributed by atoms with Gasteiger partial charge in [0.05, 0.1) is 15.9 Å². The molecule has 8 heavy (non-hydrogen) atoms. The van der Waals surface area contributed by atoms with Gasteiger partial charge in [0.1, 0.15) is 0 Å². The van der Waals surface area contributed by atoms with Gasteiger partial charge in [-0.2, -0.15) is 0 Å². The highest BCUT2D eigenvalue weighted by molar-refractivity contribution is 8.61. The van der Waals surface area contributed by atoms with E-state index in [9.17, 15) is 17.2 Å². The third-order valence-electron chi connectivity index (χ3n) is 0.561. The first-order chi connectivity index (χ1) is 3.50. The predicted octanol–water partition coefficient (Wildman–Crippen LogP) is -0.785. The van der Waals surface area contributed by atoms with E-state index in [2.05, 4.69) is 0 Å². The second-order valence-corrected chi connectivity index (χ2v) is 5.49. The number of hydrogen-bond acceptors (Lipinski definition) is 4. The molecule has 0 N–H and O–H groups in total. The quantitative estimate of drug-likeness (QED) is 0.389. The SMILES string of the molecule is CCS(=O)(=O)S(=O)[O-].